The van der Waals surface area contributed by atoms with E-state index in [0.717, 1.165) is 12.0 Å². The highest BCUT2D eigenvalue weighted by Crippen LogP contribution is 2.16. The van der Waals surface area contributed by atoms with Crippen LogP contribution in [-0.2, 0) is 6.42 Å². The number of rotatable bonds is 4. The highest BCUT2D eigenvalue weighted by Gasteiger charge is 2.08. The van der Waals surface area contributed by atoms with E-state index >= 15 is 0 Å². The molecule has 2 rings (SSSR count). The Morgan fingerprint density at radius 3 is 2.22 bits per heavy atom. The van der Waals surface area contributed by atoms with Crippen LogP contribution in [0.1, 0.15) is 27.5 Å². The average Bonchev–Trinajstić information content (AvgIpc) is 2.40. The molecule has 0 radical (unpaired) electrons. The van der Waals surface area contributed by atoms with Crippen LogP contribution in [-0.4, -0.2) is 11.1 Å². The van der Waals surface area contributed by atoms with Gasteiger partial charge in [0, 0.05) is 6.04 Å². The molecule has 3 N–H and O–H groups in total. The Hall–Kier alpha value is -2.13. The van der Waals surface area contributed by atoms with Crippen LogP contribution in [0.4, 0.5) is 0 Å². The summed E-state index contributed by atoms with van der Waals surface area (Å²) in [6, 6.07) is 16.6. The fourth-order valence-corrected chi connectivity index (χ4v) is 1.86. The van der Waals surface area contributed by atoms with Gasteiger partial charge in [-0.05, 0) is 29.7 Å². The van der Waals surface area contributed by atoms with Crippen LogP contribution >= 0.6 is 0 Å². The lowest BCUT2D eigenvalue weighted by Crippen LogP contribution is -2.13. The van der Waals surface area contributed by atoms with E-state index in [1.807, 2.05) is 30.3 Å². The van der Waals surface area contributed by atoms with Crippen LogP contribution in [0.25, 0.3) is 0 Å². The molecule has 0 spiro atoms. The van der Waals surface area contributed by atoms with Gasteiger partial charge in [-0.3, -0.25) is 0 Å². The topological polar surface area (TPSA) is 63.3 Å². The third kappa shape index (κ3) is 2.96. The molecule has 2 aromatic carbocycles. The van der Waals surface area contributed by atoms with Crippen LogP contribution in [0.2, 0.25) is 0 Å². The van der Waals surface area contributed by atoms with Crippen molar-refractivity contribution in [1.82, 2.24) is 0 Å². The van der Waals surface area contributed by atoms with Crippen LogP contribution in [0, 0.1) is 0 Å². The Bertz CT molecular complexity index is 520. The second-order valence-electron chi connectivity index (χ2n) is 4.22. The maximum atomic E-state index is 10.7. The minimum atomic E-state index is -0.918. The monoisotopic (exact) mass is 241 g/mol. The van der Waals surface area contributed by atoms with E-state index in [9.17, 15) is 4.79 Å². The Kier molecular flexibility index (Phi) is 3.75. The van der Waals surface area contributed by atoms with E-state index in [-0.39, 0.29) is 11.6 Å². The Morgan fingerprint density at radius 2 is 1.67 bits per heavy atom. The molecule has 0 saturated carbocycles. The number of carboxylic acid groups (broad SMARTS) is 1. The number of carbonyl (C=O) groups is 1. The van der Waals surface area contributed by atoms with E-state index in [2.05, 4.69) is 0 Å². The lowest BCUT2D eigenvalue weighted by atomic mass is 9.99. The summed E-state index contributed by atoms with van der Waals surface area (Å²) in [6.07, 6.45) is 0.743. The first-order chi connectivity index (χ1) is 8.66. The predicted molar refractivity (Wildman–Crippen MR) is 70.5 cm³/mol. The molecule has 3 heteroatoms. The molecule has 0 amide bonds. The number of hydrogen-bond donors (Lipinski definition) is 2. The van der Waals surface area contributed by atoms with E-state index in [4.69, 9.17) is 10.8 Å². The standard InChI is InChI=1S/C15H15NO2/c16-14(10-11-4-2-1-3-5-11)12-6-8-13(9-7-12)15(17)18/h1-9,14H,10,16H2,(H,17,18)/t14-/m1/s1. The summed E-state index contributed by atoms with van der Waals surface area (Å²) >= 11 is 0. The minimum absolute atomic E-state index is 0.116. The minimum Gasteiger partial charge on any atom is -0.478 e. The molecule has 18 heavy (non-hydrogen) atoms. The summed E-state index contributed by atoms with van der Waals surface area (Å²) in [6.45, 7) is 0. The SMILES string of the molecule is N[C@H](Cc1ccccc1)c1ccc(C(=O)O)cc1. The number of carboxylic acids is 1. The first-order valence-electron chi connectivity index (χ1n) is 5.79. The lowest BCUT2D eigenvalue weighted by Gasteiger charge is -2.12. The largest absolute Gasteiger partial charge is 0.478 e. The van der Waals surface area contributed by atoms with Crippen LogP contribution in [0.3, 0.4) is 0 Å². The smallest absolute Gasteiger partial charge is 0.335 e. The van der Waals surface area contributed by atoms with Crippen LogP contribution in [0.15, 0.2) is 54.6 Å². The van der Waals surface area contributed by atoms with Gasteiger partial charge < -0.3 is 10.8 Å². The summed E-state index contributed by atoms with van der Waals surface area (Å²) in [7, 11) is 0. The normalized spacial score (nSPS) is 12.1. The maximum absolute atomic E-state index is 10.7. The number of aromatic carboxylic acids is 1. The van der Waals surface area contributed by atoms with Gasteiger partial charge in [0.25, 0.3) is 0 Å². The van der Waals surface area contributed by atoms with Crippen molar-refractivity contribution >= 4 is 5.97 Å². The summed E-state index contributed by atoms with van der Waals surface area (Å²) in [5, 5.41) is 8.82. The molecule has 0 heterocycles. The molecule has 0 aliphatic carbocycles. The van der Waals surface area contributed by atoms with E-state index in [1.54, 1.807) is 24.3 Å². The molecular weight excluding hydrogens is 226 g/mol. The van der Waals surface area contributed by atoms with E-state index < -0.39 is 5.97 Å². The molecule has 0 aromatic heterocycles. The fourth-order valence-electron chi connectivity index (χ4n) is 1.86. The molecule has 3 nitrogen and oxygen atoms in total. The van der Waals surface area contributed by atoms with E-state index in [1.165, 1.54) is 5.56 Å². The van der Waals surface area contributed by atoms with Gasteiger partial charge >= 0.3 is 5.97 Å². The van der Waals surface area contributed by atoms with Crippen molar-refractivity contribution in [2.45, 2.75) is 12.5 Å². The third-order valence-corrected chi connectivity index (χ3v) is 2.88. The van der Waals surface area contributed by atoms with Crippen molar-refractivity contribution < 1.29 is 9.90 Å². The Balaban J connectivity index is 2.09. The van der Waals surface area contributed by atoms with Crippen LogP contribution in [0.5, 0.6) is 0 Å². The predicted octanol–water partition coefficient (Wildman–Crippen LogP) is 2.63. The average molecular weight is 241 g/mol. The zero-order valence-electron chi connectivity index (χ0n) is 9.91. The zero-order valence-corrected chi connectivity index (χ0v) is 9.91. The first kappa shape index (κ1) is 12.3. The highest BCUT2D eigenvalue weighted by atomic mass is 16.4. The second-order valence-corrected chi connectivity index (χ2v) is 4.22. The molecule has 92 valence electrons. The highest BCUT2D eigenvalue weighted by molar-refractivity contribution is 5.87. The third-order valence-electron chi connectivity index (χ3n) is 2.88. The zero-order chi connectivity index (χ0) is 13.0. The molecule has 2 aromatic rings. The first-order valence-corrected chi connectivity index (χ1v) is 5.79. The Morgan fingerprint density at radius 1 is 1.06 bits per heavy atom. The van der Waals surface area contributed by atoms with Gasteiger partial charge in [0.05, 0.1) is 5.56 Å². The van der Waals surface area contributed by atoms with Crippen molar-refractivity contribution in [3.8, 4) is 0 Å². The van der Waals surface area contributed by atoms with Crippen molar-refractivity contribution in [2.75, 3.05) is 0 Å². The van der Waals surface area contributed by atoms with Crippen molar-refractivity contribution in [3.63, 3.8) is 0 Å². The number of hydrogen-bond acceptors (Lipinski definition) is 2. The lowest BCUT2D eigenvalue weighted by molar-refractivity contribution is 0.0697. The molecule has 0 saturated heterocycles. The van der Waals surface area contributed by atoms with Gasteiger partial charge in [0.2, 0.25) is 0 Å². The molecular formula is C15H15NO2. The van der Waals surface area contributed by atoms with Crippen molar-refractivity contribution in [3.05, 3.63) is 71.3 Å². The van der Waals surface area contributed by atoms with Crippen molar-refractivity contribution in [2.24, 2.45) is 5.73 Å². The number of nitrogens with two attached hydrogens (primary N) is 1. The van der Waals surface area contributed by atoms with Gasteiger partial charge in [0.1, 0.15) is 0 Å². The van der Waals surface area contributed by atoms with Gasteiger partial charge in [-0.15, -0.1) is 0 Å². The van der Waals surface area contributed by atoms with Gasteiger partial charge in [0.15, 0.2) is 0 Å². The molecule has 0 fully saturated rings. The molecule has 0 unspecified atom stereocenters. The van der Waals surface area contributed by atoms with Gasteiger partial charge in [-0.1, -0.05) is 42.5 Å². The summed E-state index contributed by atoms with van der Waals surface area (Å²) < 4.78 is 0. The molecule has 0 aliphatic rings. The van der Waals surface area contributed by atoms with E-state index in [0.29, 0.717) is 0 Å². The quantitative estimate of drug-likeness (QED) is 0.864. The number of benzene rings is 2. The Labute approximate surface area is 106 Å². The van der Waals surface area contributed by atoms with Gasteiger partial charge in [-0.2, -0.15) is 0 Å². The summed E-state index contributed by atoms with van der Waals surface area (Å²) in [5.74, 6) is -0.918. The van der Waals surface area contributed by atoms with Crippen molar-refractivity contribution in [1.29, 1.82) is 0 Å². The van der Waals surface area contributed by atoms with Crippen LogP contribution < -0.4 is 5.73 Å². The molecule has 1 atom stereocenters. The summed E-state index contributed by atoms with van der Waals surface area (Å²) in [4.78, 5) is 10.7. The molecule has 0 aliphatic heterocycles. The second kappa shape index (κ2) is 5.47. The maximum Gasteiger partial charge on any atom is 0.335 e. The van der Waals surface area contributed by atoms with Gasteiger partial charge in [-0.25, -0.2) is 4.79 Å². The summed E-state index contributed by atoms with van der Waals surface area (Å²) in [5.41, 5.74) is 8.51. The fraction of sp³-hybridized carbons (Fsp3) is 0.133. The molecule has 0 bridgehead atoms.